The SMILES string of the molecule is COCCN(CC(=O)N1N=C(c2cccs2)CC1c1ccccc1Cl)C(=O)C1CC1. The number of thiophene rings is 1. The number of nitrogens with zero attached hydrogens (tertiary/aromatic N) is 3. The van der Waals surface area contributed by atoms with E-state index in [0.717, 1.165) is 29.0 Å². The summed E-state index contributed by atoms with van der Waals surface area (Å²) in [7, 11) is 1.59. The molecule has 0 spiro atoms. The Bertz CT molecular complexity index is 943. The average molecular weight is 446 g/mol. The minimum atomic E-state index is -0.288. The van der Waals surface area contributed by atoms with E-state index < -0.39 is 0 Å². The van der Waals surface area contributed by atoms with Gasteiger partial charge in [0.15, 0.2) is 0 Å². The number of hydrogen-bond donors (Lipinski definition) is 0. The Labute approximate surface area is 185 Å². The molecular weight excluding hydrogens is 422 g/mol. The molecule has 1 aliphatic heterocycles. The van der Waals surface area contributed by atoms with Crippen LogP contribution in [0, 0.1) is 5.92 Å². The molecule has 6 nitrogen and oxygen atoms in total. The first-order valence-corrected chi connectivity index (χ1v) is 11.3. The Morgan fingerprint density at radius 2 is 2.07 bits per heavy atom. The Morgan fingerprint density at radius 3 is 2.73 bits per heavy atom. The molecule has 0 bridgehead atoms. The summed E-state index contributed by atoms with van der Waals surface area (Å²) in [4.78, 5) is 28.6. The summed E-state index contributed by atoms with van der Waals surface area (Å²) >= 11 is 8.05. The Hall–Kier alpha value is -2.22. The predicted molar refractivity (Wildman–Crippen MR) is 118 cm³/mol. The van der Waals surface area contributed by atoms with Gasteiger partial charge in [-0.2, -0.15) is 5.10 Å². The Kier molecular flexibility index (Phi) is 6.51. The number of halogens is 1. The molecule has 4 rings (SSSR count). The van der Waals surface area contributed by atoms with E-state index >= 15 is 0 Å². The quantitative estimate of drug-likeness (QED) is 0.617. The minimum Gasteiger partial charge on any atom is -0.383 e. The summed E-state index contributed by atoms with van der Waals surface area (Å²) in [5, 5.41) is 8.77. The third-order valence-electron chi connectivity index (χ3n) is 5.37. The van der Waals surface area contributed by atoms with Crippen LogP contribution in [0.3, 0.4) is 0 Å². The lowest BCUT2D eigenvalue weighted by Gasteiger charge is -2.27. The molecule has 2 aromatic rings. The molecule has 0 N–H and O–H groups in total. The maximum atomic E-state index is 13.3. The fourth-order valence-corrected chi connectivity index (χ4v) is 4.60. The summed E-state index contributed by atoms with van der Waals surface area (Å²) in [5.41, 5.74) is 1.72. The number of methoxy groups -OCH3 is 1. The smallest absolute Gasteiger partial charge is 0.262 e. The zero-order valence-corrected chi connectivity index (χ0v) is 18.4. The van der Waals surface area contributed by atoms with Crippen molar-refractivity contribution in [3.05, 3.63) is 57.2 Å². The molecule has 1 aromatic heterocycles. The van der Waals surface area contributed by atoms with E-state index in [1.54, 1.807) is 23.3 Å². The van der Waals surface area contributed by atoms with Gasteiger partial charge in [-0.1, -0.05) is 35.9 Å². The molecule has 1 unspecified atom stereocenters. The second kappa shape index (κ2) is 9.29. The summed E-state index contributed by atoms with van der Waals surface area (Å²) in [6.45, 7) is 0.772. The second-order valence-electron chi connectivity index (χ2n) is 7.53. The van der Waals surface area contributed by atoms with E-state index in [-0.39, 0.29) is 30.3 Å². The molecule has 1 aromatic carbocycles. The van der Waals surface area contributed by atoms with Crippen LogP contribution in [0.25, 0.3) is 0 Å². The van der Waals surface area contributed by atoms with E-state index in [1.165, 1.54) is 5.01 Å². The molecule has 8 heteroatoms. The number of hydrogen-bond acceptors (Lipinski definition) is 5. The molecule has 1 atom stereocenters. The average Bonchev–Trinajstić information content (AvgIpc) is 3.26. The van der Waals surface area contributed by atoms with Crippen molar-refractivity contribution in [3.8, 4) is 0 Å². The van der Waals surface area contributed by atoms with E-state index in [0.29, 0.717) is 24.6 Å². The number of carbonyl (C=O) groups is 2. The molecule has 1 saturated carbocycles. The van der Waals surface area contributed by atoms with Crippen molar-refractivity contribution in [2.24, 2.45) is 11.0 Å². The lowest BCUT2D eigenvalue weighted by molar-refractivity contribution is -0.142. The highest BCUT2D eigenvalue weighted by atomic mass is 35.5. The van der Waals surface area contributed by atoms with Crippen LogP contribution >= 0.6 is 22.9 Å². The van der Waals surface area contributed by atoms with Crippen molar-refractivity contribution < 1.29 is 14.3 Å². The topological polar surface area (TPSA) is 62.2 Å². The summed E-state index contributed by atoms with van der Waals surface area (Å²) in [6, 6.07) is 11.2. The standard InChI is InChI=1S/C22H24ClN3O3S/c1-29-11-10-25(22(28)15-8-9-15)14-21(27)26-19(16-5-2-3-6-17(16)23)13-18(24-26)20-7-4-12-30-20/h2-7,12,15,19H,8-11,13-14H2,1H3. The van der Waals surface area contributed by atoms with Gasteiger partial charge in [0.2, 0.25) is 5.91 Å². The highest BCUT2D eigenvalue weighted by Crippen LogP contribution is 2.37. The van der Waals surface area contributed by atoms with Crippen molar-refractivity contribution in [1.29, 1.82) is 0 Å². The van der Waals surface area contributed by atoms with E-state index in [4.69, 9.17) is 16.3 Å². The molecule has 1 fully saturated rings. The van der Waals surface area contributed by atoms with Crippen molar-refractivity contribution >= 4 is 40.5 Å². The third kappa shape index (κ3) is 4.58. The Balaban J connectivity index is 1.59. The first-order valence-electron chi connectivity index (χ1n) is 10.0. The number of ether oxygens (including phenoxy) is 1. The largest absolute Gasteiger partial charge is 0.383 e. The highest BCUT2D eigenvalue weighted by Gasteiger charge is 2.38. The van der Waals surface area contributed by atoms with Crippen molar-refractivity contribution in [2.75, 3.05) is 26.8 Å². The van der Waals surface area contributed by atoms with E-state index in [9.17, 15) is 9.59 Å². The molecule has 2 aliphatic rings. The first-order chi connectivity index (χ1) is 14.6. The molecular formula is C22H24ClN3O3S. The number of hydrazone groups is 1. The maximum absolute atomic E-state index is 13.3. The lowest BCUT2D eigenvalue weighted by Crippen LogP contribution is -2.43. The summed E-state index contributed by atoms with van der Waals surface area (Å²) in [6.07, 6.45) is 2.37. The van der Waals surface area contributed by atoms with Crippen LogP contribution in [-0.2, 0) is 14.3 Å². The molecule has 0 radical (unpaired) electrons. The van der Waals surface area contributed by atoms with Gasteiger partial charge in [-0.3, -0.25) is 9.59 Å². The van der Waals surface area contributed by atoms with Crippen LogP contribution in [-0.4, -0.2) is 54.2 Å². The van der Waals surface area contributed by atoms with Crippen molar-refractivity contribution in [1.82, 2.24) is 9.91 Å². The molecule has 1 aliphatic carbocycles. The fraction of sp³-hybridized carbons (Fsp3) is 0.409. The molecule has 0 saturated heterocycles. The fourth-order valence-electron chi connectivity index (χ4n) is 3.61. The van der Waals surface area contributed by atoms with Crippen LogP contribution in [0.5, 0.6) is 0 Å². The monoisotopic (exact) mass is 445 g/mol. The molecule has 2 heterocycles. The second-order valence-corrected chi connectivity index (χ2v) is 8.89. The molecule has 2 amide bonds. The van der Waals surface area contributed by atoms with Gasteiger partial charge in [0.05, 0.1) is 23.2 Å². The minimum absolute atomic E-state index is 0.0130. The zero-order chi connectivity index (χ0) is 21.1. The van der Waals surface area contributed by atoms with Gasteiger partial charge in [0.25, 0.3) is 5.91 Å². The Morgan fingerprint density at radius 1 is 1.27 bits per heavy atom. The van der Waals surface area contributed by atoms with Gasteiger partial charge in [-0.05, 0) is 35.9 Å². The van der Waals surface area contributed by atoms with E-state index in [1.807, 2.05) is 41.8 Å². The van der Waals surface area contributed by atoms with Crippen LogP contribution in [0.15, 0.2) is 46.9 Å². The predicted octanol–water partition coefficient (Wildman–Crippen LogP) is 3.96. The lowest BCUT2D eigenvalue weighted by atomic mass is 10.0. The maximum Gasteiger partial charge on any atom is 0.262 e. The van der Waals surface area contributed by atoms with Gasteiger partial charge in [0, 0.05) is 31.0 Å². The molecule has 30 heavy (non-hydrogen) atoms. The third-order valence-corrected chi connectivity index (χ3v) is 6.63. The van der Waals surface area contributed by atoms with Gasteiger partial charge in [-0.15, -0.1) is 11.3 Å². The van der Waals surface area contributed by atoms with Crippen molar-refractivity contribution in [2.45, 2.75) is 25.3 Å². The zero-order valence-electron chi connectivity index (χ0n) is 16.8. The van der Waals surface area contributed by atoms with Crippen molar-refractivity contribution in [3.63, 3.8) is 0 Å². The van der Waals surface area contributed by atoms with E-state index in [2.05, 4.69) is 5.10 Å². The molecule has 158 valence electrons. The number of carbonyl (C=O) groups excluding carboxylic acids is 2. The first kappa shape index (κ1) is 21.0. The number of amides is 2. The number of benzene rings is 1. The van der Waals surface area contributed by atoms with Crippen LogP contribution in [0.4, 0.5) is 0 Å². The van der Waals surface area contributed by atoms with Crippen LogP contribution < -0.4 is 0 Å². The van der Waals surface area contributed by atoms with Gasteiger partial charge in [0.1, 0.15) is 6.54 Å². The summed E-state index contributed by atoms with van der Waals surface area (Å²) < 4.78 is 5.14. The number of rotatable bonds is 8. The van der Waals surface area contributed by atoms with Gasteiger partial charge >= 0.3 is 0 Å². The highest BCUT2D eigenvalue weighted by molar-refractivity contribution is 7.12. The van der Waals surface area contributed by atoms with Gasteiger partial charge in [-0.25, -0.2) is 5.01 Å². The van der Waals surface area contributed by atoms with Crippen LogP contribution in [0.1, 0.15) is 35.7 Å². The van der Waals surface area contributed by atoms with Crippen LogP contribution in [0.2, 0.25) is 5.02 Å². The van der Waals surface area contributed by atoms with Gasteiger partial charge < -0.3 is 9.64 Å². The normalized spacial score (nSPS) is 18.4. The summed E-state index contributed by atoms with van der Waals surface area (Å²) in [5.74, 6) is -0.147.